The molecular weight excluding hydrogens is 254 g/mol. The van der Waals surface area contributed by atoms with Gasteiger partial charge in [-0.3, -0.25) is 0 Å². The molecule has 0 bridgehead atoms. The third kappa shape index (κ3) is 2.39. The summed E-state index contributed by atoms with van der Waals surface area (Å²) < 4.78 is 30.2. The van der Waals surface area contributed by atoms with Gasteiger partial charge in [0, 0.05) is 13.1 Å². The first-order chi connectivity index (χ1) is 8.57. The summed E-state index contributed by atoms with van der Waals surface area (Å²) in [5, 5.41) is -0.879. The van der Waals surface area contributed by atoms with Crippen LogP contribution in [0.25, 0.3) is 0 Å². The minimum Gasteiger partial charge on any atom is -0.497 e. The Kier molecular flexibility index (Phi) is 3.68. The van der Waals surface area contributed by atoms with Crippen LogP contribution in [-0.4, -0.2) is 37.9 Å². The Labute approximate surface area is 106 Å². The third-order valence-corrected chi connectivity index (χ3v) is 5.22. The Bertz CT molecular complexity index is 524. The summed E-state index contributed by atoms with van der Waals surface area (Å²) >= 11 is 0. The standard InChI is InChI=1S/C12H15NO4S/c1-17-11-4-2-10(3-5-11)8-13-7-6-12(9-14)18(13,15)16/h2-5,9,12H,6-8H2,1H3. The summed E-state index contributed by atoms with van der Waals surface area (Å²) in [4.78, 5) is 10.7. The van der Waals surface area contributed by atoms with E-state index in [9.17, 15) is 13.2 Å². The van der Waals surface area contributed by atoms with Gasteiger partial charge in [-0.05, 0) is 24.1 Å². The first-order valence-electron chi connectivity index (χ1n) is 5.65. The lowest BCUT2D eigenvalue weighted by atomic mass is 10.2. The number of hydrogen-bond donors (Lipinski definition) is 0. The molecule has 1 aliphatic heterocycles. The molecule has 18 heavy (non-hydrogen) atoms. The summed E-state index contributed by atoms with van der Waals surface area (Å²) in [6.07, 6.45) is 0.894. The zero-order valence-corrected chi connectivity index (χ0v) is 10.9. The minimum atomic E-state index is -3.46. The zero-order chi connectivity index (χ0) is 13.2. The monoisotopic (exact) mass is 269 g/mol. The zero-order valence-electron chi connectivity index (χ0n) is 10.1. The molecule has 1 fully saturated rings. The molecule has 1 saturated heterocycles. The molecule has 0 amide bonds. The molecule has 0 radical (unpaired) electrons. The maximum Gasteiger partial charge on any atom is 0.224 e. The van der Waals surface area contributed by atoms with Gasteiger partial charge in [0.15, 0.2) is 0 Å². The van der Waals surface area contributed by atoms with E-state index >= 15 is 0 Å². The van der Waals surface area contributed by atoms with E-state index in [0.29, 0.717) is 25.8 Å². The van der Waals surface area contributed by atoms with E-state index in [1.165, 1.54) is 4.31 Å². The Balaban J connectivity index is 2.12. The molecule has 98 valence electrons. The molecule has 1 aliphatic rings. The van der Waals surface area contributed by atoms with Crippen molar-refractivity contribution in [2.75, 3.05) is 13.7 Å². The lowest BCUT2D eigenvalue weighted by Gasteiger charge is -2.15. The van der Waals surface area contributed by atoms with Crippen LogP contribution in [0.3, 0.4) is 0 Å². The van der Waals surface area contributed by atoms with Crippen molar-refractivity contribution >= 4 is 16.3 Å². The molecule has 1 aromatic carbocycles. The predicted molar refractivity (Wildman–Crippen MR) is 66.8 cm³/mol. The van der Waals surface area contributed by atoms with Crippen molar-refractivity contribution in [1.82, 2.24) is 4.31 Å². The van der Waals surface area contributed by atoms with E-state index in [4.69, 9.17) is 4.74 Å². The quantitative estimate of drug-likeness (QED) is 0.758. The Hall–Kier alpha value is -1.40. The molecule has 5 nitrogen and oxygen atoms in total. The van der Waals surface area contributed by atoms with Gasteiger partial charge in [-0.2, -0.15) is 4.31 Å². The number of aldehydes is 1. The normalized spacial score (nSPS) is 22.8. The third-order valence-electron chi connectivity index (χ3n) is 3.08. The van der Waals surface area contributed by atoms with Crippen molar-refractivity contribution in [2.45, 2.75) is 18.2 Å². The average molecular weight is 269 g/mol. The van der Waals surface area contributed by atoms with Crippen LogP contribution in [0.15, 0.2) is 24.3 Å². The van der Waals surface area contributed by atoms with Crippen molar-refractivity contribution < 1.29 is 17.9 Å². The first kappa shape index (κ1) is 13.0. The van der Waals surface area contributed by atoms with Gasteiger partial charge in [0.25, 0.3) is 0 Å². The van der Waals surface area contributed by atoms with Crippen LogP contribution in [-0.2, 0) is 21.4 Å². The molecule has 0 N–H and O–H groups in total. The van der Waals surface area contributed by atoms with E-state index in [0.717, 1.165) is 11.3 Å². The molecule has 0 aliphatic carbocycles. The second kappa shape index (κ2) is 5.07. The van der Waals surface area contributed by atoms with Gasteiger partial charge >= 0.3 is 0 Å². The molecule has 0 saturated carbocycles. The van der Waals surface area contributed by atoms with Gasteiger partial charge in [-0.25, -0.2) is 8.42 Å². The van der Waals surface area contributed by atoms with E-state index in [2.05, 4.69) is 0 Å². The SMILES string of the molecule is COc1ccc(CN2CCC(C=O)S2(=O)=O)cc1. The van der Waals surface area contributed by atoms with Crippen LogP contribution in [0.4, 0.5) is 0 Å². The van der Waals surface area contributed by atoms with Crippen molar-refractivity contribution in [3.05, 3.63) is 29.8 Å². The fourth-order valence-electron chi connectivity index (χ4n) is 1.98. The number of ether oxygens (including phenoxy) is 1. The lowest BCUT2D eigenvalue weighted by molar-refractivity contribution is -0.107. The van der Waals surface area contributed by atoms with Gasteiger partial charge in [-0.15, -0.1) is 0 Å². The Morgan fingerprint density at radius 1 is 1.39 bits per heavy atom. The molecule has 1 unspecified atom stereocenters. The molecule has 1 atom stereocenters. The van der Waals surface area contributed by atoms with Gasteiger partial charge in [0.05, 0.1) is 7.11 Å². The largest absolute Gasteiger partial charge is 0.497 e. The lowest BCUT2D eigenvalue weighted by Crippen LogP contribution is -2.29. The van der Waals surface area contributed by atoms with Gasteiger partial charge in [-0.1, -0.05) is 12.1 Å². The maximum atomic E-state index is 11.9. The molecule has 6 heteroatoms. The van der Waals surface area contributed by atoms with Crippen molar-refractivity contribution in [3.8, 4) is 5.75 Å². The number of methoxy groups -OCH3 is 1. The summed E-state index contributed by atoms with van der Waals surface area (Å²) in [7, 11) is -1.88. The number of carbonyl (C=O) groups excluding carboxylic acids is 1. The van der Waals surface area contributed by atoms with Crippen LogP contribution >= 0.6 is 0 Å². The van der Waals surface area contributed by atoms with Crippen LogP contribution in [0.1, 0.15) is 12.0 Å². The van der Waals surface area contributed by atoms with Gasteiger partial charge < -0.3 is 9.53 Å². The number of benzene rings is 1. The first-order valence-corrected chi connectivity index (χ1v) is 7.15. The summed E-state index contributed by atoms with van der Waals surface area (Å²) in [6, 6.07) is 7.22. The Morgan fingerprint density at radius 3 is 2.56 bits per heavy atom. The van der Waals surface area contributed by atoms with E-state index in [1.807, 2.05) is 12.1 Å². The minimum absolute atomic E-state index is 0.302. The number of sulfonamides is 1. The molecule has 0 aromatic heterocycles. The summed E-state index contributed by atoms with van der Waals surface area (Å²) in [5.41, 5.74) is 0.880. The van der Waals surface area contributed by atoms with Crippen LogP contribution < -0.4 is 4.74 Å². The molecule has 2 rings (SSSR count). The van der Waals surface area contributed by atoms with Crippen LogP contribution in [0, 0.1) is 0 Å². The second-order valence-corrected chi connectivity index (χ2v) is 6.34. The topological polar surface area (TPSA) is 63.7 Å². The van der Waals surface area contributed by atoms with Crippen molar-refractivity contribution in [3.63, 3.8) is 0 Å². The van der Waals surface area contributed by atoms with Gasteiger partial charge in [0.2, 0.25) is 10.0 Å². The molecule has 1 heterocycles. The average Bonchev–Trinajstić information content (AvgIpc) is 2.65. The highest BCUT2D eigenvalue weighted by molar-refractivity contribution is 7.90. The number of carbonyl (C=O) groups is 1. The predicted octanol–water partition coefficient (Wildman–Crippen LogP) is 0.798. The highest BCUT2D eigenvalue weighted by Gasteiger charge is 2.38. The van der Waals surface area contributed by atoms with Crippen molar-refractivity contribution in [1.29, 1.82) is 0 Å². The molecular formula is C12H15NO4S. The van der Waals surface area contributed by atoms with Crippen molar-refractivity contribution in [2.24, 2.45) is 0 Å². The smallest absolute Gasteiger partial charge is 0.224 e. The van der Waals surface area contributed by atoms with E-state index in [-0.39, 0.29) is 0 Å². The number of rotatable bonds is 4. The second-order valence-electron chi connectivity index (χ2n) is 4.19. The highest BCUT2D eigenvalue weighted by atomic mass is 32.2. The van der Waals surface area contributed by atoms with Gasteiger partial charge in [0.1, 0.15) is 17.3 Å². The van der Waals surface area contributed by atoms with Crippen LogP contribution in [0.5, 0.6) is 5.75 Å². The number of nitrogens with zero attached hydrogens (tertiary/aromatic N) is 1. The summed E-state index contributed by atoms with van der Waals surface area (Å²) in [5.74, 6) is 0.730. The van der Waals surface area contributed by atoms with E-state index in [1.54, 1.807) is 19.2 Å². The number of hydrogen-bond acceptors (Lipinski definition) is 4. The highest BCUT2D eigenvalue weighted by Crippen LogP contribution is 2.23. The molecule has 0 spiro atoms. The fourth-order valence-corrected chi connectivity index (χ4v) is 3.60. The van der Waals surface area contributed by atoms with Crippen LogP contribution in [0.2, 0.25) is 0 Å². The summed E-state index contributed by atoms with van der Waals surface area (Å²) in [6.45, 7) is 0.703. The Morgan fingerprint density at radius 2 is 2.06 bits per heavy atom. The fraction of sp³-hybridized carbons (Fsp3) is 0.417. The van der Waals surface area contributed by atoms with E-state index < -0.39 is 15.3 Å². The maximum absolute atomic E-state index is 11.9. The molecule has 1 aromatic rings.